The minimum absolute atomic E-state index is 0.00923. The van der Waals surface area contributed by atoms with Gasteiger partial charge in [-0.1, -0.05) is 12.1 Å². The van der Waals surface area contributed by atoms with Crippen molar-refractivity contribution in [1.82, 2.24) is 20.1 Å². The van der Waals surface area contributed by atoms with E-state index in [9.17, 15) is 4.79 Å². The van der Waals surface area contributed by atoms with E-state index in [0.29, 0.717) is 11.5 Å². The van der Waals surface area contributed by atoms with Crippen LogP contribution in [0.4, 0.5) is 5.69 Å². The zero-order valence-corrected chi connectivity index (χ0v) is 14.0. The topological polar surface area (TPSA) is 71.8 Å². The van der Waals surface area contributed by atoms with E-state index in [-0.39, 0.29) is 11.9 Å². The molecule has 1 amide bonds. The third-order valence-electron chi connectivity index (χ3n) is 4.99. The molecule has 126 valence electrons. The van der Waals surface area contributed by atoms with Gasteiger partial charge in [-0.15, -0.1) is 10.2 Å². The maximum absolute atomic E-state index is 12.6. The Morgan fingerprint density at radius 1 is 1.17 bits per heavy atom. The number of aromatic nitrogens is 3. The van der Waals surface area contributed by atoms with Crippen LogP contribution >= 0.6 is 0 Å². The number of hydrogen-bond donors (Lipinski definition) is 2. The smallest absolute Gasteiger partial charge is 0.253 e. The Bertz CT molecular complexity index is 750. The second-order valence-corrected chi connectivity index (χ2v) is 6.69. The lowest BCUT2D eigenvalue weighted by Gasteiger charge is -2.17. The predicted molar refractivity (Wildman–Crippen MR) is 92.2 cm³/mol. The molecular formula is C18H23N5O. The molecular weight excluding hydrogens is 302 g/mol. The minimum atomic E-state index is -0.00923. The monoisotopic (exact) mass is 325 g/mol. The van der Waals surface area contributed by atoms with Gasteiger partial charge >= 0.3 is 0 Å². The van der Waals surface area contributed by atoms with Gasteiger partial charge in [-0.05, 0) is 37.8 Å². The molecule has 1 fully saturated rings. The normalized spacial score (nSPS) is 20.1. The molecule has 1 aliphatic heterocycles. The zero-order chi connectivity index (χ0) is 16.5. The van der Waals surface area contributed by atoms with E-state index >= 15 is 0 Å². The van der Waals surface area contributed by atoms with Crippen molar-refractivity contribution < 1.29 is 4.79 Å². The summed E-state index contributed by atoms with van der Waals surface area (Å²) in [6.45, 7) is 0.896. The van der Waals surface area contributed by atoms with Crippen LogP contribution in [0.15, 0.2) is 24.3 Å². The molecule has 0 saturated heterocycles. The van der Waals surface area contributed by atoms with Crippen molar-refractivity contribution in [2.24, 2.45) is 0 Å². The molecule has 1 aliphatic carbocycles. The highest BCUT2D eigenvalue weighted by molar-refractivity contribution is 5.99. The van der Waals surface area contributed by atoms with Crippen molar-refractivity contribution in [1.29, 1.82) is 0 Å². The van der Waals surface area contributed by atoms with E-state index in [1.54, 1.807) is 0 Å². The molecule has 6 heteroatoms. The van der Waals surface area contributed by atoms with Gasteiger partial charge in [-0.3, -0.25) is 4.79 Å². The van der Waals surface area contributed by atoms with Crippen LogP contribution in [0.25, 0.3) is 0 Å². The summed E-state index contributed by atoms with van der Waals surface area (Å²) >= 11 is 0. The molecule has 1 atom stereocenters. The highest BCUT2D eigenvalue weighted by Crippen LogP contribution is 2.39. The number of carbonyl (C=O) groups excluding carboxylic acids is 1. The number of aryl methyl sites for hydroxylation is 1. The third kappa shape index (κ3) is 2.88. The first-order valence-electron chi connectivity index (χ1n) is 8.76. The Hall–Kier alpha value is -2.37. The lowest BCUT2D eigenvalue weighted by molar-refractivity contribution is 0.0933. The molecule has 2 N–H and O–H groups in total. The summed E-state index contributed by atoms with van der Waals surface area (Å²) in [7, 11) is 1.84. The van der Waals surface area contributed by atoms with Crippen LogP contribution in [0.2, 0.25) is 0 Å². The van der Waals surface area contributed by atoms with Gasteiger partial charge in [0.25, 0.3) is 5.91 Å². The summed E-state index contributed by atoms with van der Waals surface area (Å²) in [4.78, 5) is 12.6. The van der Waals surface area contributed by atoms with Crippen LogP contribution in [0.1, 0.15) is 53.6 Å². The molecule has 0 radical (unpaired) electrons. The molecule has 2 heterocycles. The summed E-state index contributed by atoms with van der Waals surface area (Å²) in [6, 6.07) is 7.78. The van der Waals surface area contributed by atoms with Gasteiger partial charge in [0, 0.05) is 37.7 Å². The van der Waals surface area contributed by atoms with E-state index in [1.807, 2.05) is 31.3 Å². The Kier molecular flexibility index (Phi) is 3.96. The number of rotatable bonds is 4. The van der Waals surface area contributed by atoms with Crippen LogP contribution in [-0.4, -0.2) is 33.8 Å². The Balaban J connectivity index is 1.44. The molecule has 4 rings (SSSR count). The third-order valence-corrected chi connectivity index (χ3v) is 4.99. The second-order valence-electron chi connectivity index (χ2n) is 6.69. The SMILES string of the molecule is CNc1ccccc1C(=O)NC1CCc2nnc(C3CC3)n2CC1. The van der Waals surface area contributed by atoms with Gasteiger partial charge in [0.1, 0.15) is 11.6 Å². The molecule has 0 spiro atoms. The molecule has 1 unspecified atom stereocenters. The van der Waals surface area contributed by atoms with Crippen molar-refractivity contribution in [2.45, 2.75) is 50.6 Å². The van der Waals surface area contributed by atoms with Crippen LogP contribution in [0, 0.1) is 0 Å². The quantitative estimate of drug-likeness (QED) is 0.905. The standard InChI is InChI=1S/C18H23N5O/c1-19-15-5-3-2-4-14(15)18(24)20-13-8-9-16-21-22-17(12-6-7-12)23(16)11-10-13/h2-5,12-13,19H,6-11H2,1H3,(H,20,24). The first kappa shape index (κ1) is 15.2. The molecule has 24 heavy (non-hydrogen) atoms. The highest BCUT2D eigenvalue weighted by Gasteiger charge is 2.31. The summed E-state index contributed by atoms with van der Waals surface area (Å²) < 4.78 is 2.28. The van der Waals surface area contributed by atoms with Gasteiger partial charge in [0.05, 0.1) is 5.56 Å². The fraction of sp³-hybridized carbons (Fsp3) is 0.500. The van der Waals surface area contributed by atoms with Crippen molar-refractivity contribution in [3.63, 3.8) is 0 Å². The van der Waals surface area contributed by atoms with Gasteiger partial charge in [-0.25, -0.2) is 0 Å². The number of nitrogens with zero attached hydrogens (tertiary/aromatic N) is 3. The first-order chi connectivity index (χ1) is 11.8. The molecule has 0 bridgehead atoms. The Morgan fingerprint density at radius 2 is 2.00 bits per heavy atom. The molecule has 1 saturated carbocycles. The van der Waals surface area contributed by atoms with Crippen molar-refractivity contribution in [3.05, 3.63) is 41.5 Å². The number of carbonyl (C=O) groups is 1. The molecule has 2 aromatic rings. The van der Waals surface area contributed by atoms with E-state index < -0.39 is 0 Å². The van der Waals surface area contributed by atoms with Crippen LogP contribution in [0.3, 0.4) is 0 Å². The van der Waals surface area contributed by atoms with E-state index in [1.165, 1.54) is 12.8 Å². The van der Waals surface area contributed by atoms with Gasteiger partial charge in [0.2, 0.25) is 0 Å². The molecule has 1 aromatic carbocycles. The largest absolute Gasteiger partial charge is 0.387 e. The maximum atomic E-state index is 12.6. The van der Waals surface area contributed by atoms with Crippen molar-refractivity contribution in [2.75, 3.05) is 12.4 Å². The molecule has 2 aliphatic rings. The van der Waals surface area contributed by atoms with E-state index in [4.69, 9.17) is 0 Å². The number of amides is 1. The van der Waals surface area contributed by atoms with Gasteiger partial charge in [0.15, 0.2) is 0 Å². The average Bonchev–Trinajstić information content (AvgIpc) is 3.41. The van der Waals surface area contributed by atoms with E-state index in [2.05, 4.69) is 25.4 Å². The van der Waals surface area contributed by atoms with Crippen LogP contribution < -0.4 is 10.6 Å². The summed E-state index contributed by atoms with van der Waals surface area (Å²) in [5.74, 6) is 2.83. The molecule has 1 aromatic heterocycles. The number of para-hydroxylation sites is 1. The maximum Gasteiger partial charge on any atom is 0.253 e. The molecule has 6 nitrogen and oxygen atoms in total. The second kappa shape index (κ2) is 6.26. The van der Waals surface area contributed by atoms with E-state index in [0.717, 1.165) is 43.1 Å². The van der Waals surface area contributed by atoms with Gasteiger partial charge < -0.3 is 15.2 Å². The number of nitrogens with one attached hydrogen (secondary N) is 2. The lowest BCUT2D eigenvalue weighted by atomic mass is 10.1. The number of hydrogen-bond acceptors (Lipinski definition) is 4. The summed E-state index contributed by atoms with van der Waals surface area (Å²) in [5, 5.41) is 15.0. The minimum Gasteiger partial charge on any atom is -0.387 e. The summed E-state index contributed by atoms with van der Waals surface area (Å²) in [5.41, 5.74) is 1.55. The predicted octanol–water partition coefficient (Wildman–Crippen LogP) is 2.33. The van der Waals surface area contributed by atoms with Crippen LogP contribution in [-0.2, 0) is 13.0 Å². The fourth-order valence-electron chi connectivity index (χ4n) is 3.46. The lowest BCUT2D eigenvalue weighted by Crippen LogP contribution is -2.35. The highest BCUT2D eigenvalue weighted by atomic mass is 16.1. The first-order valence-corrected chi connectivity index (χ1v) is 8.76. The van der Waals surface area contributed by atoms with Crippen LogP contribution in [0.5, 0.6) is 0 Å². The number of benzene rings is 1. The Labute approximate surface area is 141 Å². The fourth-order valence-corrected chi connectivity index (χ4v) is 3.46. The van der Waals surface area contributed by atoms with Gasteiger partial charge in [-0.2, -0.15) is 0 Å². The van der Waals surface area contributed by atoms with Crippen molar-refractivity contribution >= 4 is 11.6 Å². The number of anilines is 1. The number of fused-ring (bicyclic) bond motifs is 1. The average molecular weight is 325 g/mol. The zero-order valence-electron chi connectivity index (χ0n) is 14.0. The van der Waals surface area contributed by atoms with Crippen molar-refractivity contribution in [3.8, 4) is 0 Å². The summed E-state index contributed by atoms with van der Waals surface area (Å²) in [6.07, 6.45) is 5.19. The Morgan fingerprint density at radius 3 is 2.79 bits per heavy atom.